The number of nitrogens with one attached hydrogen (secondary N) is 2. The number of isocyanates is 2. The van der Waals surface area contributed by atoms with Crippen molar-refractivity contribution in [2.45, 2.75) is 12.1 Å². The standard InChI is InChI=1S/C12H12N2O2.2CHNO/c13-12(14(15)16)9-5-4-8-11(12)10-6-2-1-3-7-10;2*2-1-3/h1-8H,9,13H2;2*2H. The van der Waals surface area contributed by atoms with Gasteiger partial charge in [0.2, 0.25) is 12.2 Å². The van der Waals surface area contributed by atoms with E-state index in [-0.39, 0.29) is 6.42 Å². The van der Waals surface area contributed by atoms with Crippen LogP contribution in [0.25, 0.3) is 5.57 Å². The van der Waals surface area contributed by atoms with Crippen LogP contribution in [0.3, 0.4) is 0 Å². The molecule has 1 aliphatic carbocycles. The van der Waals surface area contributed by atoms with Crippen molar-refractivity contribution < 1.29 is 14.5 Å². The van der Waals surface area contributed by atoms with Crippen LogP contribution in [0, 0.1) is 20.9 Å². The van der Waals surface area contributed by atoms with Gasteiger partial charge >= 0.3 is 5.66 Å². The minimum atomic E-state index is -1.50. The first-order valence-corrected chi connectivity index (χ1v) is 5.91. The molecule has 0 saturated carbocycles. The lowest BCUT2D eigenvalue weighted by atomic mass is 9.87. The summed E-state index contributed by atoms with van der Waals surface area (Å²) >= 11 is 0. The molecule has 1 aromatic carbocycles. The summed E-state index contributed by atoms with van der Waals surface area (Å²) in [6.07, 6.45) is 6.95. The van der Waals surface area contributed by atoms with Crippen molar-refractivity contribution >= 4 is 17.7 Å². The normalized spacial score (nSPS) is 18.1. The molecule has 0 radical (unpaired) electrons. The minimum absolute atomic E-state index is 0.223. The van der Waals surface area contributed by atoms with E-state index in [2.05, 4.69) is 0 Å². The topological polar surface area (TPSA) is 151 Å². The van der Waals surface area contributed by atoms with Gasteiger partial charge in [0.05, 0.1) is 12.0 Å². The second-order valence-electron chi connectivity index (χ2n) is 3.96. The van der Waals surface area contributed by atoms with Gasteiger partial charge in [0.25, 0.3) is 0 Å². The number of hydrogen-bond donors (Lipinski definition) is 3. The third-order valence-electron chi connectivity index (χ3n) is 2.71. The van der Waals surface area contributed by atoms with Crippen LogP contribution in [0.2, 0.25) is 0 Å². The number of rotatable bonds is 2. The van der Waals surface area contributed by atoms with Crippen LogP contribution >= 0.6 is 0 Å². The van der Waals surface area contributed by atoms with Gasteiger partial charge in [-0.2, -0.15) is 0 Å². The van der Waals surface area contributed by atoms with Gasteiger partial charge in [-0.1, -0.05) is 48.6 Å². The first-order valence-electron chi connectivity index (χ1n) is 5.91. The van der Waals surface area contributed by atoms with Crippen LogP contribution in [0.4, 0.5) is 0 Å². The van der Waals surface area contributed by atoms with E-state index < -0.39 is 10.6 Å². The first kappa shape index (κ1) is 18.8. The maximum absolute atomic E-state index is 11.1. The zero-order chi connectivity index (χ0) is 17.0. The van der Waals surface area contributed by atoms with Crippen LogP contribution in [0.15, 0.2) is 48.6 Å². The van der Waals surface area contributed by atoms with E-state index in [4.69, 9.17) is 26.1 Å². The predicted octanol–water partition coefficient (Wildman–Crippen LogP) is 1.76. The van der Waals surface area contributed by atoms with Gasteiger partial charge in [0, 0.05) is 4.92 Å². The highest BCUT2D eigenvalue weighted by atomic mass is 16.6. The Hall–Kier alpha value is -3.18. The van der Waals surface area contributed by atoms with Gasteiger partial charge in [-0.15, -0.1) is 0 Å². The Morgan fingerprint density at radius 3 is 2.14 bits per heavy atom. The lowest BCUT2D eigenvalue weighted by Crippen LogP contribution is -2.49. The Bertz CT molecular complexity index is 616. The number of nitrogens with two attached hydrogens (primary N) is 1. The van der Waals surface area contributed by atoms with Crippen LogP contribution in [-0.2, 0) is 9.59 Å². The van der Waals surface area contributed by atoms with E-state index >= 15 is 0 Å². The highest BCUT2D eigenvalue weighted by Gasteiger charge is 2.42. The molecule has 1 aromatic rings. The third kappa shape index (κ3) is 5.07. The number of nitrogens with zero attached hydrogens (tertiary/aromatic N) is 1. The third-order valence-corrected chi connectivity index (χ3v) is 2.71. The van der Waals surface area contributed by atoms with Gasteiger partial charge in [0.1, 0.15) is 0 Å². The molecule has 0 heterocycles. The van der Waals surface area contributed by atoms with Crippen LogP contribution < -0.4 is 5.73 Å². The summed E-state index contributed by atoms with van der Waals surface area (Å²) in [4.78, 5) is 27.3. The molecule has 0 bridgehead atoms. The Kier molecular flexibility index (Phi) is 8.28. The average molecular weight is 302 g/mol. The number of hydrogen-bond acceptors (Lipinski definition) is 7. The fraction of sp³-hybridized carbons (Fsp3) is 0.143. The second kappa shape index (κ2) is 9.68. The molecule has 0 aliphatic heterocycles. The van der Waals surface area contributed by atoms with Crippen molar-refractivity contribution in [1.82, 2.24) is 0 Å². The van der Waals surface area contributed by atoms with E-state index in [1.807, 2.05) is 30.3 Å². The molecule has 0 spiro atoms. The summed E-state index contributed by atoms with van der Waals surface area (Å²) in [6, 6.07) is 9.21. The minimum Gasteiger partial charge on any atom is -0.262 e. The van der Waals surface area contributed by atoms with Crippen LogP contribution in [-0.4, -0.2) is 22.7 Å². The Balaban J connectivity index is 0.000000639. The quantitative estimate of drug-likeness (QED) is 0.250. The monoisotopic (exact) mass is 302 g/mol. The largest absolute Gasteiger partial charge is 0.302 e. The Labute approximate surface area is 126 Å². The van der Waals surface area contributed by atoms with Crippen LogP contribution in [0.1, 0.15) is 12.0 Å². The Morgan fingerprint density at radius 1 is 1.18 bits per heavy atom. The lowest BCUT2D eigenvalue weighted by Gasteiger charge is -2.24. The van der Waals surface area contributed by atoms with E-state index in [0.29, 0.717) is 5.57 Å². The molecule has 8 heteroatoms. The van der Waals surface area contributed by atoms with Gasteiger partial charge in [-0.25, -0.2) is 20.4 Å². The molecule has 2 rings (SSSR count). The van der Waals surface area contributed by atoms with Gasteiger partial charge < -0.3 is 0 Å². The number of carbonyl (C=O) groups excluding carboxylic acids is 2. The predicted molar refractivity (Wildman–Crippen MR) is 78.9 cm³/mol. The molecule has 1 atom stereocenters. The van der Waals surface area contributed by atoms with E-state index in [0.717, 1.165) is 17.7 Å². The molecule has 0 saturated heterocycles. The van der Waals surface area contributed by atoms with Gasteiger partial charge in [-0.3, -0.25) is 15.8 Å². The fourth-order valence-corrected chi connectivity index (χ4v) is 1.80. The zero-order valence-corrected chi connectivity index (χ0v) is 11.5. The summed E-state index contributed by atoms with van der Waals surface area (Å²) in [5.74, 6) is 0. The molecule has 4 N–H and O–H groups in total. The van der Waals surface area contributed by atoms with Crippen molar-refractivity contribution in [3.63, 3.8) is 0 Å². The number of benzene rings is 1. The molecule has 114 valence electrons. The van der Waals surface area contributed by atoms with Gasteiger partial charge in [-0.05, 0) is 5.56 Å². The molecule has 1 aliphatic rings. The summed E-state index contributed by atoms with van der Waals surface area (Å²) < 4.78 is 0. The first-order chi connectivity index (χ1) is 10.5. The van der Waals surface area contributed by atoms with Crippen molar-refractivity contribution in [3.05, 3.63) is 64.2 Å². The molecule has 8 nitrogen and oxygen atoms in total. The molecule has 22 heavy (non-hydrogen) atoms. The maximum atomic E-state index is 11.1. The number of allylic oxidation sites excluding steroid dienone is 2. The molecular formula is C14H14N4O4. The summed E-state index contributed by atoms with van der Waals surface area (Å²) in [5.41, 5.74) is 5.71. The summed E-state index contributed by atoms with van der Waals surface area (Å²) in [5, 5.41) is 21.9. The summed E-state index contributed by atoms with van der Waals surface area (Å²) in [6.45, 7) is 0. The molecule has 1 unspecified atom stereocenters. The van der Waals surface area contributed by atoms with E-state index in [9.17, 15) is 10.1 Å². The Morgan fingerprint density at radius 2 is 1.68 bits per heavy atom. The highest BCUT2D eigenvalue weighted by molar-refractivity contribution is 5.74. The second-order valence-corrected chi connectivity index (χ2v) is 3.96. The fourth-order valence-electron chi connectivity index (χ4n) is 1.80. The van der Waals surface area contributed by atoms with E-state index in [1.54, 1.807) is 18.2 Å². The molecule has 0 amide bonds. The zero-order valence-electron chi connectivity index (χ0n) is 11.5. The molecular weight excluding hydrogens is 288 g/mol. The van der Waals surface area contributed by atoms with Crippen molar-refractivity contribution in [2.75, 3.05) is 0 Å². The maximum Gasteiger partial charge on any atom is 0.302 e. The summed E-state index contributed by atoms with van der Waals surface area (Å²) in [7, 11) is 0. The molecule has 0 fully saturated rings. The highest BCUT2D eigenvalue weighted by Crippen LogP contribution is 2.31. The average Bonchev–Trinajstić information content (AvgIpc) is 2.50. The van der Waals surface area contributed by atoms with E-state index in [1.165, 1.54) is 0 Å². The lowest BCUT2D eigenvalue weighted by molar-refractivity contribution is -0.549. The van der Waals surface area contributed by atoms with Crippen LogP contribution in [0.5, 0.6) is 0 Å². The molecule has 0 aromatic heterocycles. The van der Waals surface area contributed by atoms with Crippen molar-refractivity contribution in [1.29, 1.82) is 10.8 Å². The van der Waals surface area contributed by atoms with Crippen molar-refractivity contribution in [3.8, 4) is 0 Å². The van der Waals surface area contributed by atoms with Gasteiger partial charge in [0.15, 0.2) is 0 Å². The smallest absolute Gasteiger partial charge is 0.262 e. The van der Waals surface area contributed by atoms with Crippen molar-refractivity contribution in [2.24, 2.45) is 5.73 Å². The SMILES string of the molecule is N=C=O.N=C=O.NC1([N+](=O)[O-])CC=CC=C1c1ccccc1. The number of nitro groups is 1.